The van der Waals surface area contributed by atoms with E-state index in [0.717, 1.165) is 46.9 Å². The number of aromatic carboxylic acids is 1. The highest BCUT2D eigenvalue weighted by Gasteiger charge is 2.43. The summed E-state index contributed by atoms with van der Waals surface area (Å²) in [6.45, 7) is 1.91. The Hall–Kier alpha value is -3.56. The van der Waals surface area contributed by atoms with Gasteiger partial charge in [0, 0.05) is 11.5 Å². The van der Waals surface area contributed by atoms with Gasteiger partial charge in [0.1, 0.15) is 23.6 Å². The van der Waals surface area contributed by atoms with Crippen LogP contribution in [0.1, 0.15) is 51.0 Å². The van der Waals surface area contributed by atoms with Crippen LogP contribution in [0.3, 0.4) is 0 Å². The van der Waals surface area contributed by atoms with E-state index in [2.05, 4.69) is 6.07 Å². The molecule has 0 saturated carbocycles. The Labute approximate surface area is 184 Å². The van der Waals surface area contributed by atoms with E-state index >= 15 is 0 Å². The number of carboxylic acids is 1. The predicted molar refractivity (Wildman–Crippen MR) is 117 cm³/mol. The minimum atomic E-state index is -0.934. The minimum Gasteiger partial charge on any atom is -0.478 e. The van der Waals surface area contributed by atoms with Crippen molar-refractivity contribution in [1.82, 2.24) is 0 Å². The molecule has 2 aliphatic rings. The molecule has 0 radical (unpaired) electrons. The Kier molecular flexibility index (Phi) is 4.57. The summed E-state index contributed by atoms with van der Waals surface area (Å²) >= 11 is 6.31. The molecule has 0 bridgehead atoms. The number of anilines is 1. The van der Waals surface area contributed by atoms with Crippen LogP contribution < -0.4 is 5.01 Å². The van der Waals surface area contributed by atoms with Gasteiger partial charge in [0.25, 0.3) is 0 Å². The van der Waals surface area contributed by atoms with Gasteiger partial charge in [-0.15, -0.1) is 0 Å². The maximum Gasteiger partial charge on any atom is 0.335 e. The topological polar surface area (TPSA) is 89.8 Å². The molecule has 1 aliphatic heterocycles. The van der Waals surface area contributed by atoms with Gasteiger partial charge in [-0.3, -0.25) is 5.01 Å². The zero-order chi connectivity index (χ0) is 21.7. The van der Waals surface area contributed by atoms with Gasteiger partial charge in [-0.05, 0) is 67.8 Å². The second kappa shape index (κ2) is 7.29. The summed E-state index contributed by atoms with van der Waals surface area (Å²) in [4.78, 5) is 11.4. The fourth-order valence-corrected chi connectivity index (χ4v) is 4.72. The molecule has 0 saturated heterocycles. The van der Waals surface area contributed by atoms with Crippen LogP contribution >= 0.6 is 11.6 Å². The summed E-state index contributed by atoms with van der Waals surface area (Å²) in [6, 6.07) is 16.3. The van der Waals surface area contributed by atoms with E-state index in [9.17, 15) is 15.2 Å². The summed E-state index contributed by atoms with van der Waals surface area (Å²) in [5.74, 6) is 0.787. The van der Waals surface area contributed by atoms with Crippen LogP contribution in [-0.2, 0) is 6.42 Å². The molecule has 1 aliphatic carbocycles. The first-order chi connectivity index (χ1) is 15.0. The number of halogens is 1. The van der Waals surface area contributed by atoms with Crippen LogP contribution in [0.15, 0.2) is 58.0 Å². The Morgan fingerprint density at radius 2 is 2.10 bits per heavy atom. The summed E-state index contributed by atoms with van der Waals surface area (Å²) in [5.41, 5.74) is 4.34. The number of carbonyl (C=O) groups is 1. The average Bonchev–Trinajstić information content (AvgIpc) is 3.36. The summed E-state index contributed by atoms with van der Waals surface area (Å²) in [6.07, 6.45) is 1.58. The van der Waals surface area contributed by atoms with Gasteiger partial charge in [-0.2, -0.15) is 10.4 Å². The quantitative estimate of drug-likeness (QED) is 0.604. The molecule has 7 heteroatoms. The maximum absolute atomic E-state index is 11.4. The molecule has 31 heavy (non-hydrogen) atoms. The second-order valence-electron chi connectivity index (χ2n) is 7.82. The number of benzene rings is 2. The van der Waals surface area contributed by atoms with E-state index in [-0.39, 0.29) is 17.5 Å². The smallest absolute Gasteiger partial charge is 0.335 e. The first kappa shape index (κ1) is 19.4. The number of hydrogen-bond donors (Lipinski definition) is 1. The van der Waals surface area contributed by atoms with Crippen LogP contribution in [0.5, 0.6) is 0 Å². The average molecular weight is 432 g/mol. The van der Waals surface area contributed by atoms with Gasteiger partial charge in [0.2, 0.25) is 0 Å². The highest BCUT2D eigenvalue weighted by Crippen LogP contribution is 2.46. The molecule has 3 aromatic rings. The number of fused-ring (bicyclic) bond motifs is 3. The number of nitrogens with zero attached hydrogens (tertiary/aromatic N) is 3. The van der Waals surface area contributed by atoms with E-state index in [0.29, 0.717) is 10.6 Å². The molecule has 1 aromatic heterocycles. The standard InChI is InChI=1S/C24H18ClN3O3/c1-13-2-9-21(31-13)23-19-8-4-14-10-15(24(29)30)5-7-18(14)22(19)27-28(23)17-6-3-16(12-26)20(25)11-17/h2-3,5-7,9-11,19,23H,4,8H2,1H3,(H,29,30)/t19-,23+/m0/s1. The lowest BCUT2D eigenvalue weighted by molar-refractivity contribution is 0.0696. The molecular formula is C24H18ClN3O3. The Balaban J connectivity index is 1.64. The van der Waals surface area contributed by atoms with E-state index in [1.807, 2.05) is 36.2 Å². The SMILES string of the molecule is Cc1ccc([C@H]2[C@H]3CCc4cc(C(=O)O)ccc4C3=NN2c2ccc(C#N)c(Cl)c2)o1. The largest absolute Gasteiger partial charge is 0.478 e. The molecule has 0 spiro atoms. The first-order valence-electron chi connectivity index (χ1n) is 9.96. The number of aryl methyl sites for hydroxylation is 2. The second-order valence-corrected chi connectivity index (χ2v) is 8.23. The van der Waals surface area contributed by atoms with Crippen molar-refractivity contribution < 1.29 is 14.3 Å². The molecule has 2 heterocycles. The van der Waals surface area contributed by atoms with Gasteiger partial charge < -0.3 is 9.52 Å². The molecule has 5 rings (SSSR count). The molecule has 154 valence electrons. The van der Waals surface area contributed by atoms with Crippen molar-refractivity contribution in [3.8, 4) is 6.07 Å². The molecule has 2 aromatic carbocycles. The van der Waals surface area contributed by atoms with Gasteiger partial charge in [0.15, 0.2) is 0 Å². The minimum absolute atomic E-state index is 0.0862. The molecule has 0 amide bonds. The summed E-state index contributed by atoms with van der Waals surface area (Å²) in [5, 5.41) is 25.8. The van der Waals surface area contributed by atoms with E-state index in [4.69, 9.17) is 21.1 Å². The van der Waals surface area contributed by atoms with Crippen molar-refractivity contribution >= 4 is 29.0 Å². The van der Waals surface area contributed by atoms with E-state index in [1.54, 1.807) is 24.3 Å². The third-order valence-corrected chi connectivity index (χ3v) is 6.27. The highest BCUT2D eigenvalue weighted by atomic mass is 35.5. The summed E-state index contributed by atoms with van der Waals surface area (Å²) in [7, 11) is 0. The first-order valence-corrected chi connectivity index (χ1v) is 10.3. The van der Waals surface area contributed by atoms with Crippen LogP contribution in [0.25, 0.3) is 0 Å². The molecule has 0 fully saturated rings. The van der Waals surface area contributed by atoms with Gasteiger partial charge in [-0.25, -0.2) is 4.79 Å². The van der Waals surface area contributed by atoms with E-state index < -0.39 is 5.97 Å². The van der Waals surface area contributed by atoms with Crippen molar-refractivity contribution in [2.45, 2.75) is 25.8 Å². The predicted octanol–water partition coefficient (Wildman–Crippen LogP) is 5.34. The van der Waals surface area contributed by atoms with Crippen LogP contribution in [0.2, 0.25) is 5.02 Å². The van der Waals surface area contributed by atoms with Crippen molar-refractivity contribution in [3.05, 3.63) is 87.3 Å². The number of carboxylic acid groups (broad SMARTS) is 1. The Morgan fingerprint density at radius 1 is 1.26 bits per heavy atom. The fourth-order valence-electron chi connectivity index (χ4n) is 4.50. The third kappa shape index (κ3) is 3.18. The van der Waals surface area contributed by atoms with Gasteiger partial charge in [0.05, 0.1) is 27.5 Å². The number of hydrogen-bond acceptors (Lipinski definition) is 5. The van der Waals surface area contributed by atoms with Gasteiger partial charge in [-0.1, -0.05) is 17.7 Å². The normalized spacial score (nSPS) is 19.4. The monoisotopic (exact) mass is 431 g/mol. The van der Waals surface area contributed by atoms with Crippen LogP contribution in [0.4, 0.5) is 5.69 Å². The lowest BCUT2D eigenvalue weighted by Gasteiger charge is -2.29. The zero-order valence-electron chi connectivity index (χ0n) is 16.7. The van der Waals surface area contributed by atoms with Crippen molar-refractivity contribution in [3.63, 3.8) is 0 Å². The Morgan fingerprint density at radius 3 is 2.77 bits per heavy atom. The zero-order valence-corrected chi connectivity index (χ0v) is 17.4. The van der Waals surface area contributed by atoms with Crippen molar-refractivity contribution in [2.24, 2.45) is 11.0 Å². The lowest BCUT2D eigenvalue weighted by Crippen LogP contribution is -2.28. The molecule has 6 nitrogen and oxygen atoms in total. The number of nitriles is 1. The summed E-state index contributed by atoms with van der Waals surface area (Å²) < 4.78 is 6.00. The molecule has 1 N–H and O–H groups in total. The van der Waals surface area contributed by atoms with Crippen LogP contribution in [-0.4, -0.2) is 16.8 Å². The lowest BCUT2D eigenvalue weighted by atomic mass is 9.78. The maximum atomic E-state index is 11.4. The van der Waals surface area contributed by atoms with Crippen molar-refractivity contribution in [2.75, 3.05) is 5.01 Å². The number of furan rings is 1. The third-order valence-electron chi connectivity index (χ3n) is 5.95. The van der Waals surface area contributed by atoms with Gasteiger partial charge >= 0.3 is 5.97 Å². The molecular weight excluding hydrogens is 414 g/mol. The molecule has 2 atom stereocenters. The van der Waals surface area contributed by atoms with E-state index in [1.165, 1.54) is 0 Å². The highest BCUT2D eigenvalue weighted by molar-refractivity contribution is 6.32. The van der Waals surface area contributed by atoms with Crippen LogP contribution in [0, 0.1) is 24.2 Å². The fraction of sp³-hybridized carbons (Fsp3) is 0.208. The molecule has 0 unspecified atom stereocenters. The number of rotatable bonds is 3. The number of hydrazone groups is 1. The van der Waals surface area contributed by atoms with Crippen molar-refractivity contribution in [1.29, 1.82) is 5.26 Å². The Bertz CT molecular complexity index is 1290.